The molecule has 3 N–H and O–H groups in total. The molecule has 0 saturated heterocycles. The van der Waals surface area contributed by atoms with Gasteiger partial charge < -0.3 is 20.5 Å². The number of urea groups is 1. The van der Waals surface area contributed by atoms with Gasteiger partial charge in [-0.2, -0.15) is 0 Å². The molecular formula is C13H24N2O3. The van der Waals surface area contributed by atoms with Crippen LogP contribution in [0.25, 0.3) is 0 Å². The van der Waals surface area contributed by atoms with Crippen LogP contribution in [0.5, 0.6) is 0 Å². The van der Waals surface area contributed by atoms with Gasteiger partial charge in [0.2, 0.25) is 0 Å². The molecule has 2 saturated carbocycles. The van der Waals surface area contributed by atoms with Gasteiger partial charge in [-0.1, -0.05) is 12.8 Å². The molecule has 2 aliphatic rings. The normalized spacial score (nSPS) is 24.3. The Hall–Kier alpha value is -0.810. The molecular weight excluding hydrogens is 232 g/mol. The number of aliphatic hydroxyl groups is 1. The quantitative estimate of drug-likeness (QED) is 0.691. The topological polar surface area (TPSA) is 70.6 Å². The molecule has 0 unspecified atom stereocenters. The molecule has 104 valence electrons. The van der Waals surface area contributed by atoms with Crippen LogP contribution in [0.2, 0.25) is 0 Å². The fourth-order valence-electron chi connectivity index (χ4n) is 2.78. The van der Waals surface area contributed by atoms with E-state index >= 15 is 0 Å². The number of ether oxygens (including phenoxy) is 1. The highest BCUT2D eigenvalue weighted by atomic mass is 16.5. The van der Waals surface area contributed by atoms with Crippen molar-refractivity contribution in [3.63, 3.8) is 0 Å². The summed E-state index contributed by atoms with van der Waals surface area (Å²) in [5, 5.41) is 15.7. The summed E-state index contributed by atoms with van der Waals surface area (Å²) in [6.07, 6.45) is 6.85. The third-order valence-corrected chi connectivity index (χ3v) is 4.38. The largest absolute Gasteiger partial charge is 0.388 e. The van der Waals surface area contributed by atoms with Crippen LogP contribution in [-0.4, -0.2) is 42.5 Å². The maximum absolute atomic E-state index is 11.7. The minimum absolute atomic E-state index is 0.151. The third kappa shape index (κ3) is 3.14. The van der Waals surface area contributed by atoms with Crippen molar-refractivity contribution in [2.75, 3.05) is 20.2 Å². The molecule has 0 aliphatic heterocycles. The maximum Gasteiger partial charge on any atom is 0.314 e. The van der Waals surface area contributed by atoms with Crippen molar-refractivity contribution in [1.82, 2.24) is 10.6 Å². The van der Waals surface area contributed by atoms with Crippen molar-refractivity contribution in [3.8, 4) is 0 Å². The van der Waals surface area contributed by atoms with Gasteiger partial charge in [-0.05, 0) is 32.1 Å². The Morgan fingerprint density at radius 1 is 1.11 bits per heavy atom. The van der Waals surface area contributed by atoms with E-state index in [1.54, 1.807) is 7.11 Å². The van der Waals surface area contributed by atoms with E-state index in [1.807, 2.05) is 0 Å². The molecule has 0 aromatic heterocycles. The Kier molecular flexibility index (Phi) is 4.12. The SMILES string of the molecule is COC1(CNC(=O)NCC2(O)CCCC2)CCC1. The van der Waals surface area contributed by atoms with Gasteiger partial charge in [-0.15, -0.1) is 0 Å². The summed E-state index contributed by atoms with van der Waals surface area (Å²) in [7, 11) is 1.69. The van der Waals surface area contributed by atoms with Crippen LogP contribution in [0.3, 0.4) is 0 Å². The van der Waals surface area contributed by atoms with Crippen LogP contribution in [0.4, 0.5) is 4.79 Å². The number of rotatable bonds is 5. The van der Waals surface area contributed by atoms with Crippen molar-refractivity contribution in [2.24, 2.45) is 0 Å². The van der Waals surface area contributed by atoms with E-state index in [-0.39, 0.29) is 11.6 Å². The second-order valence-electron chi connectivity index (χ2n) is 5.71. The highest BCUT2D eigenvalue weighted by Crippen LogP contribution is 2.34. The Morgan fingerprint density at radius 2 is 1.72 bits per heavy atom. The Morgan fingerprint density at radius 3 is 2.22 bits per heavy atom. The molecule has 0 heterocycles. The van der Waals surface area contributed by atoms with Crippen LogP contribution in [0.1, 0.15) is 44.9 Å². The number of amides is 2. The molecule has 0 radical (unpaired) electrons. The minimum atomic E-state index is -0.688. The van der Waals surface area contributed by atoms with Crippen LogP contribution in [-0.2, 0) is 4.74 Å². The van der Waals surface area contributed by atoms with Gasteiger partial charge in [0.15, 0.2) is 0 Å². The van der Waals surface area contributed by atoms with Crippen LogP contribution < -0.4 is 10.6 Å². The van der Waals surface area contributed by atoms with E-state index in [9.17, 15) is 9.90 Å². The van der Waals surface area contributed by atoms with E-state index in [0.29, 0.717) is 13.1 Å². The molecule has 18 heavy (non-hydrogen) atoms. The number of methoxy groups -OCH3 is 1. The molecule has 2 rings (SSSR count). The van der Waals surface area contributed by atoms with Gasteiger partial charge in [0.1, 0.15) is 0 Å². The number of carbonyl (C=O) groups is 1. The average molecular weight is 256 g/mol. The highest BCUT2D eigenvalue weighted by Gasteiger charge is 2.37. The minimum Gasteiger partial charge on any atom is -0.388 e. The second kappa shape index (κ2) is 5.45. The molecule has 2 aliphatic carbocycles. The second-order valence-corrected chi connectivity index (χ2v) is 5.71. The zero-order chi connectivity index (χ0) is 13.1. The molecule has 5 heteroatoms. The zero-order valence-corrected chi connectivity index (χ0v) is 11.1. The van der Waals surface area contributed by atoms with Crippen LogP contribution in [0.15, 0.2) is 0 Å². The zero-order valence-electron chi connectivity index (χ0n) is 11.1. The molecule has 2 amide bonds. The Balaban J connectivity index is 1.66. The number of carbonyl (C=O) groups excluding carboxylic acids is 1. The van der Waals surface area contributed by atoms with E-state index in [1.165, 1.54) is 0 Å². The van der Waals surface area contributed by atoms with Crippen LogP contribution >= 0.6 is 0 Å². The summed E-state index contributed by atoms with van der Waals surface area (Å²) in [6, 6.07) is -0.210. The third-order valence-electron chi connectivity index (χ3n) is 4.38. The molecule has 5 nitrogen and oxygen atoms in total. The maximum atomic E-state index is 11.7. The lowest BCUT2D eigenvalue weighted by molar-refractivity contribution is -0.0674. The standard InChI is InChI=1S/C13H24N2O3/c1-18-13(7-4-8-13)10-15-11(16)14-9-12(17)5-2-3-6-12/h17H,2-10H2,1H3,(H2,14,15,16). The molecule has 0 bridgehead atoms. The number of hydrogen-bond acceptors (Lipinski definition) is 3. The van der Waals surface area contributed by atoms with Crippen molar-refractivity contribution in [2.45, 2.75) is 56.1 Å². The van der Waals surface area contributed by atoms with E-state index in [2.05, 4.69) is 10.6 Å². The van der Waals surface area contributed by atoms with Gasteiger partial charge >= 0.3 is 6.03 Å². The first kappa shape index (κ1) is 13.6. The highest BCUT2D eigenvalue weighted by molar-refractivity contribution is 5.74. The summed E-state index contributed by atoms with van der Waals surface area (Å²) in [4.78, 5) is 11.7. The first-order valence-electron chi connectivity index (χ1n) is 6.87. The lowest BCUT2D eigenvalue weighted by Gasteiger charge is -2.40. The van der Waals surface area contributed by atoms with Crippen molar-refractivity contribution >= 4 is 6.03 Å². The van der Waals surface area contributed by atoms with Gasteiger partial charge in [-0.3, -0.25) is 0 Å². The monoisotopic (exact) mass is 256 g/mol. The predicted molar refractivity (Wildman–Crippen MR) is 68.4 cm³/mol. The first-order chi connectivity index (χ1) is 8.58. The average Bonchev–Trinajstić information content (AvgIpc) is 2.73. The summed E-state index contributed by atoms with van der Waals surface area (Å²) >= 11 is 0. The van der Waals surface area contributed by atoms with E-state index < -0.39 is 5.60 Å². The lowest BCUT2D eigenvalue weighted by Crippen LogP contribution is -2.52. The fraction of sp³-hybridized carbons (Fsp3) is 0.923. The predicted octanol–water partition coefficient (Wildman–Crippen LogP) is 1.16. The number of nitrogens with one attached hydrogen (secondary N) is 2. The van der Waals surface area contributed by atoms with E-state index in [0.717, 1.165) is 44.9 Å². The fourth-order valence-corrected chi connectivity index (χ4v) is 2.78. The Bertz CT molecular complexity index is 283. The number of hydrogen-bond donors (Lipinski definition) is 3. The van der Waals surface area contributed by atoms with Crippen molar-refractivity contribution in [3.05, 3.63) is 0 Å². The van der Waals surface area contributed by atoms with E-state index in [4.69, 9.17) is 4.74 Å². The van der Waals surface area contributed by atoms with Crippen LogP contribution in [0, 0.1) is 0 Å². The summed E-state index contributed by atoms with van der Waals surface area (Å²) in [5.41, 5.74) is -0.839. The molecule has 0 aromatic rings. The molecule has 0 aromatic carbocycles. The van der Waals surface area contributed by atoms with Gasteiger partial charge in [0, 0.05) is 20.2 Å². The van der Waals surface area contributed by atoms with Gasteiger partial charge in [0.25, 0.3) is 0 Å². The first-order valence-corrected chi connectivity index (χ1v) is 6.87. The molecule has 0 spiro atoms. The van der Waals surface area contributed by atoms with Crippen molar-refractivity contribution < 1.29 is 14.6 Å². The van der Waals surface area contributed by atoms with Gasteiger partial charge in [-0.25, -0.2) is 4.79 Å². The Labute approximate surface area is 108 Å². The summed E-state index contributed by atoms with van der Waals surface area (Å²) in [6.45, 7) is 0.895. The lowest BCUT2D eigenvalue weighted by atomic mass is 9.80. The van der Waals surface area contributed by atoms with Crippen molar-refractivity contribution in [1.29, 1.82) is 0 Å². The summed E-state index contributed by atoms with van der Waals surface area (Å²) in [5.74, 6) is 0. The van der Waals surface area contributed by atoms with Gasteiger partial charge in [0.05, 0.1) is 11.2 Å². The smallest absolute Gasteiger partial charge is 0.314 e. The molecule has 2 fully saturated rings. The molecule has 0 atom stereocenters. The summed E-state index contributed by atoms with van der Waals surface area (Å²) < 4.78 is 5.43.